The van der Waals surface area contributed by atoms with Gasteiger partial charge in [-0.25, -0.2) is 0 Å². The molecule has 148 valence electrons. The van der Waals surface area contributed by atoms with Gasteiger partial charge in [-0.3, -0.25) is 0 Å². The summed E-state index contributed by atoms with van der Waals surface area (Å²) in [7, 11) is 0. The zero-order valence-electron chi connectivity index (χ0n) is 16.7. The Balaban J connectivity index is 1.45. The maximum absolute atomic E-state index is 11.3. The van der Waals surface area contributed by atoms with Crippen LogP contribution in [0, 0.1) is 17.8 Å². The Morgan fingerprint density at radius 3 is 2.33 bits per heavy atom. The lowest BCUT2D eigenvalue weighted by Gasteiger charge is -2.49. The molecule has 4 aliphatic rings. The molecule has 5 rings (SSSR count). The quantitative estimate of drug-likeness (QED) is 0.814. The van der Waals surface area contributed by atoms with Crippen LogP contribution in [0.25, 0.3) is 0 Å². The zero-order valence-corrected chi connectivity index (χ0v) is 16.7. The van der Waals surface area contributed by atoms with Crippen molar-refractivity contribution in [2.45, 2.75) is 81.9 Å². The monoisotopic (exact) mass is 368 g/mol. The van der Waals surface area contributed by atoms with E-state index in [-0.39, 0.29) is 11.6 Å². The highest BCUT2D eigenvalue weighted by Crippen LogP contribution is 2.51. The number of piperidine rings is 1. The van der Waals surface area contributed by atoms with Crippen LogP contribution in [0.3, 0.4) is 0 Å². The molecule has 2 saturated heterocycles. The molecule has 27 heavy (non-hydrogen) atoms. The van der Waals surface area contributed by atoms with E-state index in [0.29, 0.717) is 6.04 Å². The highest BCUT2D eigenvalue weighted by atomic mass is 16.3. The normalized spacial score (nSPS) is 38.7. The summed E-state index contributed by atoms with van der Waals surface area (Å²) in [4.78, 5) is 2.71. The van der Waals surface area contributed by atoms with Crippen LogP contribution in [0.15, 0.2) is 30.3 Å². The number of hydrogen-bond acceptors (Lipinski definition) is 3. The first-order valence-corrected chi connectivity index (χ1v) is 11.5. The maximum atomic E-state index is 11.3. The van der Waals surface area contributed by atoms with Crippen molar-refractivity contribution in [3.8, 4) is 0 Å². The number of para-hydroxylation sites is 1. The van der Waals surface area contributed by atoms with Gasteiger partial charge in [0.2, 0.25) is 0 Å². The highest BCUT2D eigenvalue weighted by molar-refractivity contribution is 5.53. The Labute approximate surface area is 164 Å². The molecule has 0 radical (unpaired) electrons. The maximum Gasteiger partial charge on any atom is 0.0792 e. The average molecular weight is 369 g/mol. The molecular weight excluding hydrogens is 332 g/mol. The summed E-state index contributed by atoms with van der Waals surface area (Å²) >= 11 is 0. The lowest BCUT2D eigenvalue weighted by Crippen LogP contribution is -2.59. The molecule has 2 saturated carbocycles. The third kappa shape index (κ3) is 3.11. The van der Waals surface area contributed by atoms with Crippen LogP contribution < -0.4 is 10.2 Å². The largest absolute Gasteiger partial charge is 0.391 e. The molecule has 1 aromatic rings. The SMILES string of the molecule is OC1CC(C2CCC3CCCCC3C2)N(c2ccccc2)C12CCNCC2. The zero-order chi connectivity index (χ0) is 18.3. The molecule has 2 aliphatic carbocycles. The number of rotatable bonds is 2. The van der Waals surface area contributed by atoms with Gasteiger partial charge in [0.15, 0.2) is 0 Å². The third-order valence-electron chi connectivity index (χ3n) is 8.52. The number of nitrogens with zero attached hydrogens (tertiary/aromatic N) is 1. The summed E-state index contributed by atoms with van der Waals surface area (Å²) in [5, 5.41) is 14.8. The second-order valence-electron chi connectivity index (χ2n) is 9.76. The Kier molecular flexibility index (Phi) is 4.94. The number of nitrogens with one attached hydrogen (secondary N) is 1. The smallest absolute Gasteiger partial charge is 0.0792 e. The number of hydrogen-bond donors (Lipinski definition) is 2. The van der Waals surface area contributed by atoms with Gasteiger partial charge in [0.25, 0.3) is 0 Å². The van der Waals surface area contributed by atoms with E-state index >= 15 is 0 Å². The Morgan fingerprint density at radius 2 is 1.56 bits per heavy atom. The standard InChI is InChI=1S/C24H36N2O/c27-23-17-22(20-11-10-18-6-4-5-7-19(18)16-20)26(21-8-2-1-3-9-21)24(23)12-14-25-15-13-24/h1-3,8-9,18-20,22-23,25,27H,4-7,10-17H2. The van der Waals surface area contributed by atoms with Crippen LogP contribution in [0.2, 0.25) is 0 Å². The number of aliphatic hydroxyl groups is 1. The van der Waals surface area contributed by atoms with Gasteiger partial charge in [-0.05, 0) is 81.5 Å². The molecule has 4 fully saturated rings. The number of anilines is 1. The van der Waals surface area contributed by atoms with Crippen molar-refractivity contribution in [3.63, 3.8) is 0 Å². The van der Waals surface area contributed by atoms with E-state index in [0.717, 1.165) is 50.1 Å². The summed E-state index contributed by atoms with van der Waals surface area (Å²) < 4.78 is 0. The average Bonchev–Trinajstić information content (AvgIpc) is 3.00. The molecule has 5 atom stereocenters. The topological polar surface area (TPSA) is 35.5 Å². The Bertz CT molecular complexity index is 627. The van der Waals surface area contributed by atoms with Gasteiger partial charge >= 0.3 is 0 Å². The van der Waals surface area contributed by atoms with Gasteiger partial charge in [0.1, 0.15) is 0 Å². The van der Waals surface area contributed by atoms with E-state index in [1.54, 1.807) is 0 Å². The van der Waals surface area contributed by atoms with Crippen LogP contribution >= 0.6 is 0 Å². The van der Waals surface area contributed by atoms with E-state index in [9.17, 15) is 5.11 Å². The second-order valence-corrected chi connectivity index (χ2v) is 9.76. The first-order valence-electron chi connectivity index (χ1n) is 11.5. The predicted octanol–water partition coefficient (Wildman–Crippen LogP) is 4.35. The van der Waals surface area contributed by atoms with Crippen LogP contribution in [-0.4, -0.2) is 35.9 Å². The van der Waals surface area contributed by atoms with Crippen LogP contribution in [0.5, 0.6) is 0 Å². The minimum absolute atomic E-state index is 0.0549. The summed E-state index contributed by atoms with van der Waals surface area (Å²) in [6.45, 7) is 2.06. The van der Waals surface area contributed by atoms with Crippen LogP contribution in [-0.2, 0) is 0 Å². The molecule has 0 aromatic heterocycles. The van der Waals surface area contributed by atoms with Gasteiger partial charge in [-0.15, -0.1) is 0 Å². The second kappa shape index (κ2) is 7.40. The van der Waals surface area contributed by atoms with E-state index < -0.39 is 0 Å². The fraction of sp³-hybridized carbons (Fsp3) is 0.750. The minimum atomic E-state index is -0.186. The van der Waals surface area contributed by atoms with Crippen molar-refractivity contribution < 1.29 is 5.11 Å². The summed E-state index contributed by atoms with van der Waals surface area (Å²) in [6, 6.07) is 11.5. The molecule has 2 heterocycles. The van der Waals surface area contributed by atoms with E-state index in [1.165, 1.54) is 50.6 Å². The Hall–Kier alpha value is -1.06. The molecule has 2 N–H and O–H groups in total. The van der Waals surface area contributed by atoms with Gasteiger partial charge in [0, 0.05) is 11.7 Å². The summed E-state index contributed by atoms with van der Waals surface area (Å²) in [6.07, 6.45) is 13.0. The van der Waals surface area contributed by atoms with Gasteiger partial charge in [0.05, 0.1) is 11.6 Å². The van der Waals surface area contributed by atoms with E-state index in [4.69, 9.17) is 0 Å². The number of aliphatic hydroxyl groups excluding tert-OH is 1. The van der Waals surface area contributed by atoms with Gasteiger partial charge in [-0.2, -0.15) is 0 Å². The van der Waals surface area contributed by atoms with E-state index in [1.807, 2.05) is 0 Å². The first-order chi connectivity index (χ1) is 13.3. The number of benzene rings is 1. The molecule has 3 nitrogen and oxygen atoms in total. The summed E-state index contributed by atoms with van der Waals surface area (Å²) in [5.41, 5.74) is 1.28. The van der Waals surface area contributed by atoms with Crippen molar-refractivity contribution in [1.82, 2.24) is 5.32 Å². The molecule has 3 heteroatoms. The fourth-order valence-electron chi connectivity index (χ4n) is 7.18. The van der Waals surface area contributed by atoms with Crippen LogP contribution in [0.4, 0.5) is 5.69 Å². The number of fused-ring (bicyclic) bond motifs is 1. The molecule has 5 unspecified atom stereocenters. The molecule has 1 spiro atoms. The van der Waals surface area contributed by atoms with E-state index in [2.05, 4.69) is 40.5 Å². The van der Waals surface area contributed by atoms with Crippen molar-refractivity contribution in [1.29, 1.82) is 0 Å². The third-order valence-corrected chi connectivity index (χ3v) is 8.52. The van der Waals surface area contributed by atoms with Crippen molar-refractivity contribution >= 4 is 5.69 Å². The van der Waals surface area contributed by atoms with Gasteiger partial charge < -0.3 is 15.3 Å². The van der Waals surface area contributed by atoms with Gasteiger partial charge in [-0.1, -0.05) is 43.9 Å². The fourth-order valence-corrected chi connectivity index (χ4v) is 7.18. The molecule has 0 amide bonds. The van der Waals surface area contributed by atoms with Crippen LogP contribution in [0.1, 0.15) is 64.2 Å². The van der Waals surface area contributed by atoms with Crippen molar-refractivity contribution in [2.24, 2.45) is 17.8 Å². The molecule has 0 bridgehead atoms. The minimum Gasteiger partial charge on any atom is -0.391 e. The van der Waals surface area contributed by atoms with Crippen molar-refractivity contribution in [3.05, 3.63) is 30.3 Å². The lowest BCUT2D eigenvalue weighted by atomic mass is 9.66. The molecule has 1 aromatic carbocycles. The predicted molar refractivity (Wildman–Crippen MR) is 111 cm³/mol. The highest BCUT2D eigenvalue weighted by Gasteiger charge is 2.55. The van der Waals surface area contributed by atoms with Crippen molar-refractivity contribution in [2.75, 3.05) is 18.0 Å². The molecular formula is C24H36N2O. The first kappa shape index (κ1) is 18.0. The lowest BCUT2D eigenvalue weighted by molar-refractivity contribution is 0.0858. The summed E-state index contributed by atoms with van der Waals surface area (Å²) in [5.74, 6) is 2.71. The molecule has 2 aliphatic heterocycles. The Morgan fingerprint density at radius 1 is 0.852 bits per heavy atom.